The minimum absolute atomic E-state index is 0.0860. The van der Waals surface area contributed by atoms with Crippen molar-refractivity contribution in [2.75, 3.05) is 0 Å². The summed E-state index contributed by atoms with van der Waals surface area (Å²) in [5.41, 5.74) is 0.142. The number of rotatable bonds is 3. The van der Waals surface area contributed by atoms with Crippen LogP contribution in [0.25, 0.3) is 0 Å². The van der Waals surface area contributed by atoms with E-state index in [9.17, 15) is 9.59 Å². The summed E-state index contributed by atoms with van der Waals surface area (Å²) in [7, 11) is 0. The summed E-state index contributed by atoms with van der Waals surface area (Å²) in [6.07, 6.45) is 3.17. The van der Waals surface area contributed by atoms with Crippen LogP contribution in [0.3, 0.4) is 0 Å². The van der Waals surface area contributed by atoms with E-state index in [1.54, 1.807) is 44.4 Å². The largest absolute Gasteiger partial charge is 0.361 e. The van der Waals surface area contributed by atoms with Gasteiger partial charge in [-0.3, -0.25) is 14.7 Å². The normalized spacial score (nSPS) is 21.7. The first-order valence-electron chi connectivity index (χ1n) is 6.47. The van der Waals surface area contributed by atoms with Gasteiger partial charge in [-0.1, -0.05) is 5.16 Å². The van der Waals surface area contributed by atoms with E-state index in [1.807, 2.05) is 0 Å². The molecule has 0 radical (unpaired) electrons. The zero-order valence-electron chi connectivity index (χ0n) is 11.7. The zero-order valence-corrected chi connectivity index (χ0v) is 11.7. The lowest BCUT2D eigenvalue weighted by Gasteiger charge is -2.21. The average Bonchev–Trinajstić information content (AvgIpc) is 2.98. The fourth-order valence-corrected chi connectivity index (χ4v) is 2.38. The van der Waals surface area contributed by atoms with Crippen molar-refractivity contribution in [1.82, 2.24) is 20.4 Å². The predicted molar refractivity (Wildman–Crippen MR) is 71.9 cm³/mol. The highest BCUT2D eigenvalue weighted by atomic mass is 16.5. The molecule has 21 heavy (non-hydrogen) atoms. The number of hydrogen-bond donors (Lipinski definition) is 1. The molecule has 0 aliphatic carbocycles. The summed E-state index contributed by atoms with van der Waals surface area (Å²) in [5, 5.41) is 6.53. The number of nitrogens with one attached hydrogen (secondary N) is 1. The van der Waals surface area contributed by atoms with E-state index in [-0.39, 0.29) is 12.5 Å². The first-order valence-corrected chi connectivity index (χ1v) is 6.47. The number of carbonyl (C=O) groups is 2. The summed E-state index contributed by atoms with van der Waals surface area (Å²) in [6.45, 7) is 3.52. The molecule has 2 aromatic rings. The van der Waals surface area contributed by atoms with Crippen molar-refractivity contribution in [1.29, 1.82) is 0 Å². The summed E-state index contributed by atoms with van der Waals surface area (Å²) in [6, 6.07) is 4.67. The van der Waals surface area contributed by atoms with Gasteiger partial charge in [0, 0.05) is 18.5 Å². The van der Waals surface area contributed by atoms with Crippen LogP contribution in [0.2, 0.25) is 0 Å². The molecule has 2 aromatic heterocycles. The standard InChI is InChI=1S/C14H14N4O3/c1-9-7-11(17-21-9)8-18-12(19)14(2,16-13(18)20)10-3-5-15-6-4-10/h3-7H,8H2,1-2H3,(H,16,20)/t14-/m1/s1. The second-order valence-corrected chi connectivity index (χ2v) is 5.11. The van der Waals surface area contributed by atoms with Crippen molar-refractivity contribution in [2.24, 2.45) is 0 Å². The van der Waals surface area contributed by atoms with Crippen LogP contribution in [0.15, 0.2) is 35.1 Å². The Bertz CT molecular complexity index is 697. The third-order valence-corrected chi connectivity index (χ3v) is 3.53. The summed E-state index contributed by atoms with van der Waals surface area (Å²) < 4.78 is 4.95. The van der Waals surface area contributed by atoms with E-state index in [0.29, 0.717) is 17.0 Å². The third-order valence-electron chi connectivity index (χ3n) is 3.53. The van der Waals surface area contributed by atoms with Gasteiger partial charge in [0.15, 0.2) is 0 Å². The van der Waals surface area contributed by atoms with E-state index in [0.717, 1.165) is 4.90 Å². The number of amides is 3. The topological polar surface area (TPSA) is 88.3 Å². The Balaban J connectivity index is 1.88. The second-order valence-electron chi connectivity index (χ2n) is 5.11. The fraction of sp³-hybridized carbons (Fsp3) is 0.286. The molecule has 1 aliphatic heterocycles. The Labute approximate surface area is 120 Å². The molecule has 1 fully saturated rings. The molecule has 1 saturated heterocycles. The van der Waals surface area contributed by atoms with E-state index in [4.69, 9.17) is 4.52 Å². The maximum absolute atomic E-state index is 12.6. The van der Waals surface area contributed by atoms with Gasteiger partial charge in [0.05, 0.1) is 6.54 Å². The summed E-state index contributed by atoms with van der Waals surface area (Å²) >= 11 is 0. The number of aromatic nitrogens is 2. The Kier molecular flexibility index (Phi) is 2.97. The lowest BCUT2D eigenvalue weighted by Crippen LogP contribution is -2.40. The highest BCUT2D eigenvalue weighted by molar-refractivity contribution is 6.07. The van der Waals surface area contributed by atoms with Crippen LogP contribution in [0, 0.1) is 6.92 Å². The molecule has 7 nitrogen and oxygen atoms in total. The first-order chi connectivity index (χ1) is 10.0. The highest BCUT2D eigenvalue weighted by Gasteiger charge is 2.49. The Morgan fingerprint density at radius 2 is 2.05 bits per heavy atom. The molecule has 0 saturated carbocycles. The number of aryl methyl sites for hydroxylation is 1. The molecule has 3 heterocycles. The molecule has 0 aromatic carbocycles. The quantitative estimate of drug-likeness (QED) is 0.860. The number of urea groups is 1. The van der Waals surface area contributed by atoms with E-state index < -0.39 is 11.6 Å². The zero-order chi connectivity index (χ0) is 15.0. The molecule has 7 heteroatoms. The van der Waals surface area contributed by atoms with Crippen molar-refractivity contribution < 1.29 is 14.1 Å². The van der Waals surface area contributed by atoms with Gasteiger partial charge in [-0.15, -0.1) is 0 Å². The van der Waals surface area contributed by atoms with Crippen LogP contribution in [-0.2, 0) is 16.9 Å². The van der Waals surface area contributed by atoms with E-state index >= 15 is 0 Å². The van der Waals surface area contributed by atoms with Crippen LogP contribution in [0.1, 0.15) is 23.9 Å². The minimum Gasteiger partial charge on any atom is -0.361 e. The average molecular weight is 286 g/mol. The van der Waals surface area contributed by atoms with Crippen molar-refractivity contribution in [2.45, 2.75) is 25.9 Å². The number of imide groups is 1. The van der Waals surface area contributed by atoms with Gasteiger partial charge < -0.3 is 9.84 Å². The monoisotopic (exact) mass is 286 g/mol. The molecule has 0 bridgehead atoms. The van der Waals surface area contributed by atoms with Crippen molar-refractivity contribution in [3.63, 3.8) is 0 Å². The Morgan fingerprint density at radius 3 is 2.67 bits per heavy atom. The maximum Gasteiger partial charge on any atom is 0.325 e. The second kappa shape index (κ2) is 4.69. The molecular formula is C14H14N4O3. The Hall–Kier alpha value is -2.70. The van der Waals surface area contributed by atoms with Gasteiger partial charge in [0.1, 0.15) is 17.0 Å². The number of pyridine rings is 1. The SMILES string of the molecule is Cc1cc(CN2C(=O)N[C@](C)(c3ccncc3)C2=O)no1. The fourth-order valence-electron chi connectivity index (χ4n) is 2.38. The van der Waals surface area contributed by atoms with Crippen LogP contribution in [-0.4, -0.2) is 27.0 Å². The number of hydrogen-bond acceptors (Lipinski definition) is 5. The van der Waals surface area contributed by atoms with Crippen molar-refractivity contribution >= 4 is 11.9 Å². The predicted octanol–water partition coefficient (Wildman–Crippen LogP) is 1.35. The van der Waals surface area contributed by atoms with Crippen LogP contribution < -0.4 is 5.32 Å². The molecule has 1 atom stereocenters. The Morgan fingerprint density at radius 1 is 1.33 bits per heavy atom. The molecule has 3 rings (SSSR count). The first kappa shape index (κ1) is 13.3. The minimum atomic E-state index is -1.08. The lowest BCUT2D eigenvalue weighted by molar-refractivity contribution is -0.131. The molecule has 1 N–H and O–H groups in total. The van der Waals surface area contributed by atoms with Crippen molar-refractivity contribution in [3.05, 3.63) is 47.6 Å². The summed E-state index contributed by atoms with van der Waals surface area (Å²) in [5.74, 6) is 0.313. The molecule has 1 aliphatic rings. The van der Waals surface area contributed by atoms with Crippen LogP contribution in [0.5, 0.6) is 0 Å². The van der Waals surface area contributed by atoms with Crippen LogP contribution >= 0.6 is 0 Å². The third kappa shape index (κ3) is 2.16. The van der Waals surface area contributed by atoms with E-state index in [2.05, 4.69) is 15.5 Å². The molecular weight excluding hydrogens is 272 g/mol. The molecule has 3 amide bonds. The van der Waals surface area contributed by atoms with Gasteiger partial charge >= 0.3 is 6.03 Å². The lowest BCUT2D eigenvalue weighted by atomic mass is 9.93. The van der Waals surface area contributed by atoms with Gasteiger partial charge in [-0.05, 0) is 31.5 Å². The highest BCUT2D eigenvalue weighted by Crippen LogP contribution is 2.29. The molecule has 108 valence electrons. The number of carbonyl (C=O) groups excluding carboxylic acids is 2. The van der Waals surface area contributed by atoms with E-state index in [1.165, 1.54) is 0 Å². The summed E-state index contributed by atoms with van der Waals surface area (Å²) in [4.78, 5) is 29.8. The number of nitrogens with zero attached hydrogens (tertiary/aromatic N) is 3. The van der Waals surface area contributed by atoms with Gasteiger partial charge in [-0.2, -0.15) is 0 Å². The molecule has 0 spiro atoms. The molecule has 0 unspecified atom stereocenters. The van der Waals surface area contributed by atoms with Crippen LogP contribution in [0.4, 0.5) is 4.79 Å². The van der Waals surface area contributed by atoms with Gasteiger partial charge in [0.25, 0.3) is 5.91 Å². The van der Waals surface area contributed by atoms with Gasteiger partial charge in [0.2, 0.25) is 0 Å². The van der Waals surface area contributed by atoms with Gasteiger partial charge in [-0.25, -0.2) is 4.79 Å². The smallest absolute Gasteiger partial charge is 0.325 e. The van der Waals surface area contributed by atoms with Crippen molar-refractivity contribution in [3.8, 4) is 0 Å². The maximum atomic E-state index is 12.6.